The third-order valence-electron chi connectivity index (χ3n) is 6.60. The van der Waals surface area contributed by atoms with Crippen LogP contribution in [0.2, 0.25) is 0 Å². The van der Waals surface area contributed by atoms with Crippen LogP contribution in [0, 0.1) is 11.8 Å². The van der Waals surface area contributed by atoms with Crippen LogP contribution >= 0.6 is 0 Å². The lowest BCUT2D eigenvalue weighted by atomic mass is 10.0. The van der Waals surface area contributed by atoms with Gasteiger partial charge in [-0.15, -0.1) is 0 Å². The van der Waals surface area contributed by atoms with Gasteiger partial charge in [0.1, 0.15) is 0 Å². The third-order valence-corrected chi connectivity index (χ3v) is 6.60. The molecule has 0 radical (unpaired) electrons. The van der Waals surface area contributed by atoms with Crippen LogP contribution in [0.3, 0.4) is 0 Å². The molecule has 0 amide bonds. The van der Waals surface area contributed by atoms with E-state index in [0.717, 1.165) is 24.7 Å². The minimum atomic E-state index is 0.0211. The topological polar surface area (TPSA) is 26.3 Å². The van der Waals surface area contributed by atoms with Gasteiger partial charge in [-0.3, -0.25) is 4.79 Å². The molecular formula is C30H60O2. The SMILES string of the molecule is CC(C)CCCCCCCCCCCCC(=O)OCCCCCCCCCCCC(C)C. The maximum absolute atomic E-state index is 11.8. The normalized spacial score (nSPS) is 11.6. The quantitative estimate of drug-likeness (QED) is 0.102. The van der Waals surface area contributed by atoms with E-state index in [1.807, 2.05) is 0 Å². The van der Waals surface area contributed by atoms with Crippen LogP contribution in [0.15, 0.2) is 0 Å². The number of rotatable bonds is 25. The lowest BCUT2D eigenvalue weighted by molar-refractivity contribution is -0.143. The summed E-state index contributed by atoms with van der Waals surface area (Å²) in [7, 11) is 0. The van der Waals surface area contributed by atoms with Crippen LogP contribution in [-0.4, -0.2) is 12.6 Å². The second-order valence-electron chi connectivity index (χ2n) is 11.1. The Morgan fingerprint density at radius 1 is 0.469 bits per heavy atom. The molecule has 2 heteroatoms. The molecule has 0 aromatic heterocycles. The molecule has 0 aliphatic rings. The van der Waals surface area contributed by atoms with Gasteiger partial charge in [0.2, 0.25) is 0 Å². The molecule has 0 N–H and O–H groups in total. The Labute approximate surface area is 203 Å². The number of hydrogen-bond donors (Lipinski definition) is 0. The molecule has 0 aromatic carbocycles. The molecule has 0 saturated heterocycles. The van der Waals surface area contributed by atoms with E-state index in [1.54, 1.807) is 0 Å². The first kappa shape index (κ1) is 31.5. The molecule has 0 rings (SSSR count). The molecule has 0 bridgehead atoms. The molecule has 0 unspecified atom stereocenters. The summed E-state index contributed by atoms with van der Waals surface area (Å²) in [6.07, 6.45) is 28.5. The highest BCUT2D eigenvalue weighted by Gasteiger charge is 2.03. The molecule has 0 fully saturated rings. The molecule has 192 valence electrons. The van der Waals surface area contributed by atoms with E-state index in [9.17, 15) is 4.79 Å². The molecule has 0 saturated carbocycles. The Balaban J connectivity index is 3.17. The molecule has 0 spiro atoms. The van der Waals surface area contributed by atoms with E-state index in [2.05, 4.69) is 27.7 Å². The summed E-state index contributed by atoms with van der Waals surface area (Å²) >= 11 is 0. The van der Waals surface area contributed by atoms with Crippen LogP contribution in [0.4, 0.5) is 0 Å². The fourth-order valence-corrected chi connectivity index (χ4v) is 4.39. The number of unbranched alkanes of at least 4 members (excludes halogenated alkanes) is 17. The van der Waals surface area contributed by atoms with Gasteiger partial charge in [0, 0.05) is 6.42 Å². The molecule has 0 heterocycles. The molecule has 0 aromatic rings. The predicted molar refractivity (Wildman–Crippen MR) is 142 cm³/mol. The predicted octanol–water partition coefficient (Wildman–Crippen LogP) is 10.4. The van der Waals surface area contributed by atoms with Crippen molar-refractivity contribution >= 4 is 5.97 Å². The van der Waals surface area contributed by atoms with Crippen molar-refractivity contribution in [3.63, 3.8) is 0 Å². The van der Waals surface area contributed by atoms with Crippen LogP contribution in [0.25, 0.3) is 0 Å². The molecule has 0 atom stereocenters. The summed E-state index contributed by atoms with van der Waals surface area (Å²) in [5, 5.41) is 0. The number of ether oxygens (including phenoxy) is 1. The summed E-state index contributed by atoms with van der Waals surface area (Å²) in [6, 6.07) is 0. The van der Waals surface area contributed by atoms with Crippen LogP contribution < -0.4 is 0 Å². The first-order valence-electron chi connectivity index (χ1n) is 14.7. The maximum atomic E-state index is 11.8. The zero-order chi connectivity index (χ0) is 23.7. The third kappa shape index (κ3) is 27.5. The van der Waals surface area contributed by atoms with Gasteiger partial charge in [0.25, 0.3) is 0 Å². The van der Waals surface area contributed by atoms with Gasteiger partial charge >= 0.3 is 5.97 Å². The van der Waals surface area contributed by atoms with Crippen molar-refractivity contribution in [2.45, 2.75) is 169 Å². The Bertz CT molecular complexity index is 341. The average Bonchev–Trinajstić information content (AvgIpc) is 2.74. The molecule has 0 aliphatic heterocycles. The van der Waals surface area contributed by atoms with Crippen molar-refractivity contribution < 1.29 is 9.53 Å². The Kier molecular flexibility index (Phi) is 24.7. The average molecular weight is 453 g/mol. The van der Waals surface area contributed by atoms with E-state index < -0.39 is 0 Å². The van der Waals surface area contributed by atoms with Crippen molar-refractivity contribution in [3.05, 3.63) is 0 Å². The summed E-state index contributed by atoms with van der Waals surface area (Å²) < 4.78 is 5.40. The lowest BCUT2D eigenvalue weighted by Crippen LogP contribution is -2.05. The highest BCUT2D eigenvalue weighted by Crippen LogP contribution is 2.15. The van der Waals surface area contributed by atoms with Gasteiger partial charge in [-0.05, 0) is 24.7 Å². The van der Waals surface area contributed by atoms with Crippen molar-refractivity contribution in [2.24, 2.45) is 11.8 Å². The van der Waals surface area contributed by atoms with Crippen LogP contribution in [-0.2, 0) is 9.53 Å². The summed E-state index contributed by atoms with van der Waals surface area (Å²) in [4.78, 5) is 11.8. The van der Waals surface area contributed by atoms with Gasteiger partial charge in [0.15, 0.2) is 0 Å². The highest BCUT2D eigenvalue weighted by atomic mass is 16.5. The summed E-state index contributed by atoms with van der Waals surface area (Å²) in [5.41, 5.74) is 0. The molecular weight excluding hydrogens is 392 g/mol. The second-order valence-corrected chi connectivity index (χ2v) is 11.1. The van der Waals surface area contributed by atoms with Gasteiger partial charge in [0.05, 0.1) is 6.61 Å². The van der Waals surface area contributed by atoms with E-state index in [0.29, 0.717) is 13.0 Å². The largest absolute Gasteiger partial charge is 0.466 e. The Morgan fingerprint density at radius 2 is 0.781 bits per heavy atom. The van der Waals surface area contributed by atoms with Crippen molar-refractivity contribution in [3.8, 4) is 0 Å². The van der Waals surface area contributed by atoms with Crippen molar-refractivity contribution in [2.75, 3.05) is 6.61 Å². The minimum absolute atomic E-state index is 0.0211. The van der Waals surface area contributed by atoms with E-state index >= 15 is 0 Å². The molecule has 32 heavy (non-hydrogen) atoms. The van der Waals surface area contributed by atoms with Crippen molar-refractivity contribution in [1.29, 1.82) is 0 Å². The first-order valence-corrected chi connectivity index (χ1v) is 14.7. The number of carbonyl (C=O) groups is 1. The Hall–Kier alpha value is -0.530. The Morgan fingerprint density at radius 3 is 1.16 bits per heavy atom. The number of hydrogen-bond acceptors (Lipinski definition) is 2. The molecule has 0 aliphatic carbocycles. The number of carbonyl (C=O) groups excluding carboxylic acids is 1. The van der Waals surface area contributed by atoms with E-state index in [-0.39, 0.29) is 5.97 Å². The summed E-state index contributed by atoms with van der Waals surface area (Å²) in [6.45, 7) is 9.90. The van der Waals surface area contributed by atoms with E-state index in [4.69, 9.17) is 4.74 Å². The zero-order valence-corrected chi connectivity index (χ0v) is 22.7. The first-order chi connectivity index (χ1) is 15.5. The summed E-state index contributed by atoms with van der Waals surface area (Å²) in [5.74, 6) is 1.74. The van der Waals surface area contributed by atoms with Gasteiger partial charge in [-0.2, -0.15) is 0 Å². The van der Waals surface area contributed by atoms with Gasteiger partial charge < -0.3 is 4.74 Å². The van der Waals surface area contributed by atoms with E-state index in [1.165, 1.54) is 122 Å². The standard InChI is InChI=1S/C30H60O2/c1-28(2)24-20-16-12-8-5-6-10-14-18-22-26-30(31)32-27-23-19-15-11-7-9-13-17-21-25-29(3)4/h28-29H,5-27H2,1-4H3. The maximum Gasteiger partial charge on any atom is 0.305 e. The zero-order valence-electron chi connectivity index (χ0n) is 22.7. The minimum Gasteiger partial charge on any atom is -0.466 e. The monoisotopic (exact) mass is 452 g/mol. The van der Waals surface area contributed by atoms with Crippen molar-refractivity contribution in [1.82, 2.24) is 0 Å². The van der Waals surface area contributed by atoms with Crippen LogP contribution in [0.1, 0.15) is 169 Å². The lowest BCUT2D eigenvalue weighted by Gasteiger charge is -2.06. The fraction of sp³-hybridized carbons (Fsp3) is 0.967. The van der Waals surface area contributed by atoms with Gasteiger partial charge in [-0.25, -0.2) is 0 Å². The number of esters is 1. The van der Waals surface area contributed by atoms with Crippen LogP contribution in [0.5, 0.6) is 0 Å². The van der Waals surface area contributed by atoms with Gasteiger partial charge in [-0.1, -0.05) is 150 Å². The smallest absolute Gasteiger partial charge is 0.305 e. The second kappa shape index (κ2) is 25.1. The fourth-order valence-electron chi connectivity index (χ4n) is 4.39. The molecule has 2 nitrogen and oxygen atoms in total. The highest BCUT2D eigenvalue weighted by molar-refractivity contribution is 5.69.